The van der Waals surface area contributed by atoms with Crippen molar-refractivity contribution in [2.24, 2.45) is 7.05 Å². The van der Waals surface area contributed by atoms with Gasteiger partial charge in [0.05, 0.1) is 15.7 Å². The summed E-state index contributed by atoms with van der Waals surface area (Å²) in [6.07, 6.45) is 3.51. The first-order valence-electron chi connectivity index (χ1n) is 4.26. The molecule has 2 aromatic heterocycles. The summed E-state index contributed by atoms with van der Waals surface area (Å²) in [6.45, 7) is 1.91. The van der Waals surface area contributed by atoms with Crippen LogP contribution in [0.2, 0.25) is 5.15 Å². The molecule has 0 atom stereocenters. The number of halogens is 2. The van der Waals surface area contributed by atoms with Crippen molar-refractivity contribution in [3.05, 3.63) is 27.7 Å². The predicted molar refractivity (Wildman–Crippen MR) is 61.7 cm³/mol. The molecular weight excluding hydrogens is 279 g/mol. The van der Waals surface area contributed by atoms with Gasteiger partial charge in [0.2, 0.25) is 0 Å². The van der Waals surface area contributed by atoms with Crippen LogP contribution >= 0.6 is 27.5 Å². The minimum Gasteiger partial charge on any atom is -0.275 e. The summed E-state index contributed by atoms with van der Waals surface area (Å²) in [5.74, 6) is 0.591. The summed E-state index contributed by atoms with van der Waals surface area (Å²) in [5.41, 5.74) is 1.78. The van der Waals surface area contributed by atoms with Gasteiger partial charge in [-0.15, -0.1) is 0 Å². The van der Waals surface area contributed by atoms with Crippen LogP contribution in [0.4, 0.5) is 0 Å². The first-order chi connectivity index (χ1) is 7.08. The van der Waals surface area contributed by atoms with E-state index >= 15 is 0 Å². The van der Waals surface area contributed by atoms with E-state index in [4.69, 9.17) is 11.6 Å². The van der Waals surface area contributed by atoms with Crippen LogP contribution in [-0.2, 0) is 7.05 Å². The number of aryl methyl sites for hydroxylation is 2. The molecule has 2 rings (SSSR count). The summed E-state index contributed by atoms with van der Waals surface area (Å²) in [4.78, 5) is 8.36. The highest BCUT2D eigenvalue weighted by atomic mass is 79.9. The van der Waals surface area contributed by atoms with Gasteiger partial charge in [-0.05, 0) is 22.9 Å². The molecule has 0 amide bonds. The Morgan fingerprint density at radius 2 is 2.20 bits per heavy atom. The van der Waals surface area contributed by atoms with Gasteiger partial charge in [-0.3, -0.25) is 4.68 Å². The summed E-state index contributed by atoms with van der Waals surface area (Å²) in [5, 5.41) is 4.63. The molecule has 0 aliphatic carbocycles. The maximum absolute atomic E-state index is 5.90. The van der Waals surface area contributed by atoms with Gasteiger partial charge < -0.3 is 0 Å². The van der Waals surface area contributed by atoms with Crippen LogP contribution in [0, 0.1) is 6.92 Å². The molecular formula is C9H8BrClN4. The van der Waals surface area contributed by atoms with E-state index in [1.54, 1.807) is 10.9 Å². The smallest absolute Gasteiger partial charge is 0.164 e. The maximum atomic E-state index is 5.90. The van der Waals surface area contributed by atoms with E-state index < -0.39 is 0 Å². The van der Waals surface area contributed by atoms with Gasteiger partial charge in [0.15, 0.2) is 5.82 Å². The summed E-state index contributed by atoms with van der Waals surface area (Å²) in [6, 6.07) is 0. The molecule has 4 nitrogen and oxygen atoms in total. The Bertz CT molecular complexity index is 509. The van der Waals surface area contributed by atoms with Gasteiger partial charge in [-0.1, -0.05) is 11.6 Å². The van der Waals surface area contributed by atoms with Crippen LogP contribution in [0.5, 0.6) is 0 Å². The number of rotatable bonds is 1. The van der Waals surface area contributed by atoms with Crippen molar-refractivity contribution in [2.45, 2.75) is 6.92 Å². The molecule has 0 fully saturated rings. The first-order valence-corrected chi connectivity index (χ1v) is 5.43. The van der Waals surface area contributed by atoms with Crippen LogP contribution in [-0.4, -0.2) is 19.7 Å². The molecule has 0 unspecified atom stereocenters. The average molecular weight is 288 g/mol. The maximum Gasteiger partial charge on any atom is 0.164 e. The lowest BCUT2D eigenvalue weighted by Gasteiger charge is -1.99. The lowest BCUT2D eigenvalue weighted by atomic mass is 10.2. The zero-order valence-electron chi connectivity index (χ0n) is 8.20. The second-order valence-corrected chi connectivity index (χ2v) is 4.35. The lowest BCUT2D eigenvalue weighted by molar-refractivity contribution is 0.756. The number of aromatic nitrogens is 4. The fourth-order valence-corrected chi connectivity index (χ4v) is 1.62. The van der Waals surface area contributed by atoms with Gasteiger partial charge >= 0.3 is 0 Å². The minimum atomic E-state index is 0.406. The fraction of sp³-hybridized carbons (Fsp3) is 0.222. The predicted octanol–water partition coefficient (Wildman–Crippen LogP) is 2.60. The molecule has 0 saturated heterocycles. The molecule has 2 aromatic rings. The normalized spacial score (nSPS) is 10.7. The lowest BCUT2D eigenvalue weighted by Crippen LogP contribution is -1.90. The first kappa shape index (κ1) is 10.6. The molecule has 0 bridgehead atoms. The third-order valence-corrected chi connectivity index (χ3v) is 3.05. The quantitative estimate of drug-likeness (QED) is 0.757. The Morgan fingerprint density at radius 3 is 2.73 bits per heavy atom. The molecule has 0 aromatic carbocycles. The Kier molecular flexibility index (Phi) is 2.75. The standard InChI is InChI=1S/C9H8BrClN4/c1-5-6(4-15(2)14-5)9-12-3-7(10)8(11)13-9/h3-4H,1-2H3. The van der Waals surface area contributed by atoms with E-state index in [1.165, 1.54) is 0 Å². The highest BCUT2D eigenvalue weighted by molar-refractivity contribution is 9.10. The van der Waals surface area contributed by atoms with Gasteiger partial charge in [0.25, 0.3) is 0 Å². The molecule has 15 heavy (non-hydrogen) atoms. The number of nitrogens with zero attached hydrogens (tertiary/aromatic N) is 4. The van der Waals surface area contributed by atoms with Gasteiger partial charge in [0, 0.05) is 19.4 Å². The van der Waals surface area contributed by atoms with Crippen molar-refractivity contribution in [1.82, 2.24) is 19.7 Å². The topological polar surface area (TPSA) is 43.6 Å². The van der Waals surface area contributed by atoms with Crippen LogP contribution in [0.15, 0.2) is 16.9 Å². The van der Waals surface area contributed by atoms with Gasteiger partial charge in [0.1, 0.15) is 5.15 Å². The number of hydrogen-bond donors (Lipinski definition) is 0. The molecule has 0 aliphatic heterocycles. The molecule has 6 heteroatoms. The summed E-state index contributed by atoms with van der Waals surface area (Å²) in [7, 11) is 1.86. The van der Waals surface area contributed by atoms with Crippen LogP contribution in [0.25, 0.3) is 11.4 Å². The van der Waals surface area contributed by atoms with E-state index in [0.717, 1.165) is 11.3 Å². The fourth-order valence-electron chi connectivity index (χ4n) is 1.30. The largest absolute Gasteiger partial charge is 0.275 e. The van der Waals surface area contributed by atoms with Gasteiger partial charge in [-0.25, -0.2) is 9.97 Å². The molecule has 0 N–H and O–H groups in total. The van der Waals surface area contributed by atoms with Crippen LogP contribution in [0.3, 0.4) is 0 Å². The monoisotopic (exact) mass is 286 g/mol. The van der Waals surface area contributed by atoms with Crippen molar-refractivity contribution in [3.8, 4) is 11.4 Å². The van der Waals surface area contributed by atoms with Crippen LogP contribution in [0.1, 0.15) is 5.69 Å². The van der Waals surface area contributed by atoms with Crippen molar-refractivity contribution < 1.29 is 0 Å². The zero-order chi connectivity index (χ0) is 11.0. The molecule has 0 radical (unpaired) electrons. The molecule has 2 heterocycles. The highest BCUT2D eigenvalue weighted by Crippen LogP contribution is 2.24. The molecule has 78 valence electrons. The molecule has 0 saturated carbocycles. The zero-order valence-corrected chi connectivity index (χ0v) is 10.5. The minimum absolute atomic E-state index is 0.406. The van der Waals surface area contributed by atoms with E-state index in [2.05, 4.69) is 31.0 Å². The van der Waals surface area contributed by atoms with Gasteiger partial charge in [-0.2, -0.15) is 5.10 Å². The van der Waals surface area contributed by atoms with Crippen molar-refractivity contribution in [2.75, 3.05) is 0 Å². The van der Waals surface area contributed by atoms with Crippen LogP contribution < -0.4 is 0 Å². The van der Waals surface area contributed by atoms with E-state index in [9.17, 15) is 0 Å². The van der Waals surface area contributed by atoms with E-state index in [-0.39, 0.29) is 0 Å². The second kappa shape index (κ2) is 3.90. The molecule has 0 aliphatic rings. The Labute approximate surface area is 100 Å². The second-order valence-electron chi connectivity index (χ2n) is 3.13. The number of hydrogen-bond acceptors (Lipinski definition) is 3. The SMILES string of the molecule is Cc1nn(C)cc1-c1ncc(Br)c(Cl)n1. The van der Waals surface area contributed by atoms with E-state index in [1.807, 2.05) is 20.2 Å². The van der Waals surface area contributed by atoms with Crippen molar-refractivity contribution >= 4 is 27.5 Å². The van der Waals surface area contributed by atoms with E-state index in [0.29, 0.717) is 15.5 Å². The van der Waals surface area contributed by atoms with Crippen molar-refractivity contribution in [3.63, 3.8) is 0 Å². The Hall–Kier alpha value is -0.940. The average Bonchev–Trinajstić information content (AvgIpc) is 2.50. The Balaban J connectivity index is 2.54. The molecule has 0 spiro atoms. The third kappa shape index (κ3) is 2.03. The third-order valence-electron chi connectivity index (χ3n) is 1.96. The van der Waals surface area contributed by atoms with Crippen molar-refractivity contribution in [1.29, 1.82) is 0 Å². The highest BCUT2D eigenvalue weighted by Gasteiger charge is 2.10. The summed E-state index contributed by atoms with van der Waals surface area (Å²) >= 11 is 9.15. The Morgan fingerprint density at radius 1 is 1.47 bits per heavy atom. The summed E-state index contributed by atoms with van der Waals surface area (Å²) < 4.78 is 2.42.